The van der Waals surface area contributed by atoms with Crippen LogP contribution in [0.1, 0.15) is 44.9 Å². The summed E-state index contributed by atoms with van der Waals surface area (Å²) in [5.41, 5.74) is -0.459. The van der Waals surface area contributed by atoms with Crippen molar-refractivity contribution in [2.24, 2.45) is 5.92 Å². The molecule has 1 aliphatic heterocycles. The van der Waals surface area contributed by atoms with E-state index in [1.807, 2.05) is 0 Å². The lowest BCUT2D eigenvalue weighted by Crippen LogP contribution is -2.44. The molecule has 0 radical (unpaired) electrons. The van der Waals surface area contributed by atoms with Crippen LogP contribution in [0.2, 0.25) is 0 Å². The molecule has 0 atom stereocenters. The Bertz CT molecular complexity index is 266. The lowest BCUT2D eigenvalue weighted by molar-refractivity contribution is -0.138. The average Bonchev–Trinajstić information content (AvgIpc) is 2.67. The van der Waals surface area contributed by atoms with Crippen molar-refractivity contribution in [3.63, 3.8) is 0 Å². The number of nitrogens with zero attached hydrogens (tertiary/aromatic N) is 1. The van der Waals surface area contributed by atoms with Crippen LogP contribution in [-0.2, 0) is 4.79 Å². The lowest BCUT2D eigenvalue weighted by Gasteiger charge is -2.36. The molecular weight excluding hydrogens is 218 g/mol. The summed E-state index contributed by atoms with van der Waals surface area (Å²) in [5.74, 6) is -0.347. The van der Waals surface area contributed by atoms with E-state index in [2.05, 4.69) is 4.90 Å². The normalized spacial score (nSPS) is 26.2. The predicted octanol–water partition coefficient (Wildman–Crippen LogP) is 1.48. The summed E-state index contributed by atoms with van der Waals surface area (Å²) in [4.78, 5) is 12.9. The molecule has 0 aromatic rings. The zero-order valence-corrected chi connectivity index (χ0v) is 10.4. The maximum Gasteiger partial charge on any atom is 0.303 e. The van der Waals surface area contributed by atoms with E-state index >= 15 is 0 Å². The van der Waals surface area contributed by atoms with E-state index in [1.54, 1.807) is 0 Å². The van der Waals surface area contributed by atoms with Crippen LogP contribution < -0.4 is 0 Å². The second-order valence-electron chi connectivity index (χ2n) is 5.75. The number of β-amino-alcohol motifs (C(OH)–C–C–N with tert-alkyl or cyclic N) is 1. The van der Waals surface area contributed by atoms with Gasteiger partial charge in [-0.15, -0.1) is 0 Å². The zero-order chi connectivity index (χ0) is 12.3. The molecule has 4 nitrogen and oxygen atoms in total. The van der Waals surface area contributed by atoms with E-state index in [9.17, 15) is 9.90 Å². The standard InChI is InChI=1S/C13H23NO3/c15-12(16)9-11-3-7-14(8-4-11)10-13(17)5-1-2-6-13/h11,17H,1-10H2,(H,15,16). The van der Waals surface area contributed by atoms with Gasteiger partial charge in [-0.3, -0.25) is 4.79 Å². The number of carboxylic acids is 1. The van der Waals surface area contributed by atoms with Crippen LogP contribution in [0.25, 0.3) is 0 Å². The van der Waals surface area contributed by atoms with E-state index in [0.29, 0.717) is 12.3 Å². The highest BCUT2D eigenvalue weighted by Gasteiger charge is 2.34. The first-order chi connectivity index (χ1) is 8.07. The number of piperidine rings is 1. The molecule has 0 amide bonds. The molecular formula is C13H23NO3. The van der Waals surface area contributed by atoms with Gasteiger partial charge < -0.3 is 15.1 Å². The molecule has 0 unspecified atom stereocenters. The monoisotopic (exact) mass is 241 g/mol. The topological polar surface area (TPSA) is 60.8 Å². The smallest absolute Gasteiger partial charge is 0.303 e. The highest BCUT2D eigenvalue weighted by molar-refractivity contribution is 5.67. The summed E-state index contributed by atoms with van der Waals surface area (Å²) in [6.45, 7) is 2.67. The second kappa shape index (κ2) is 5.36. The Morgan fingerprint density at radius 3 is 2.35 bits per heavy atom. The Kier molecular flexibility index (Phi) is 4.05. The van der Waals surface area contributed by atoms with Crippen molar-refractivity contribution in [1.82, 2.24) is 4.90 Å². The summed E-state index contributed by atoms with van der Waals surface area (Å²) in [6.07, 6.45) is 6.38. The van der Waals surface area contributed by atoms with Crippen LogP contribution in [0.15, 0.2) is 0 Å². The minimum atomic E-state index is -0.683. The van der Waals surface area contributed by atoms with Gasteiger partial charge in [0.1, 0.15) is 0 Å². The quantitative estimate of drug-likeness (QED) is 0.782. The zero-order valence-electron chi connectivity index (χ0n) is 10.4. The molecule has 2 fully saturated rings. The number of hydrogen-bond donors (Lipinski definition) is 2. The first kappa shape index (κ1) is 12.8. The highest BCUT2D eigenvalue weighted by atomic mass is 16.4. The molecule has 98 valence electrons. The second-order valence-corrected chi connectivity index (χ2v) is 5.75. The number of carboxylic acid groups (broad SMARTS) is 1. The van der Waals surface area contributed by atoms with Gasteiger partial charge in [-0.05, 0) is 44.7 Å². The summed E-state index contributed by atoms with van der Waals surface area (Å²) in [5, 5.41) is 19.1. The summed E-state index contributed by atoms with van der Waals surface area (Å²) in [7, 11) is 0. The third-order valence-electron chi connectivity index (χ3n) is 4.22. The number of aliphatic carboxylic acids is 1. The lowest BCUT2D eigenvalue weighted by atomic mass is 9.92. The Morgan fingerprint density at radius 1 is 1.24 bits per heavy atom. The van der Waals surface area contributed by atoms with Gasteiger partial charge in [0.25, 0.3) is 0 Å². The number of hydrogen-bond acceptors (Lipinski definition) is 3. The van der Waals surface area contributed by atoms with Crippen LogP contribution in [0.5, 0.6) is 0 Å². The van der Waals surface area contributed by atoms with Crippen molar-refractivity contribution in [3.05, 3.63) is 0 Å². The van der Waals surface area contributed by atoms with Crippen LogP contribution in [0.4, 0.5) is 0 Å². The fraction of sp³-hybridized carbons (Fsp3) is 0.923. The molecule has 1 saturated carbocycles. The van der Waals surface area contributed by atoms with Gasteiger partial charge in [0.05, 0.1) is 5.60 Å². The van der Waals surface area contributed by atoms with Gasteiger partial charge in [-0.1, -0.05) is 12.8 Å². The van der Waals surface area contributed by atoms with Gasteiger partial charge in [-0.2, -0.15) is 0 Å². The van der Waals surface area contributed by atoms with Gasteiger partial charge in [-0.25, -0.2) is 0 Å². The van der Waals surface area contributed by atoms with E-state index in [1.165, 1.54) is 0 Å². The number of likely N-dealkylation sites (tertiary alicyclic amines) is 1. The molecule has 2 rings (SSSR count). The number of rotatable bonds is 4. The van der Waals surface area contributed by atoms with Crippen LogP contribution >= 0.6 is 0 Å². The Morgan fingerprint density at radius 2 is 1.82 bits per heavy atom. The van der Waals surface area contributed by atoms with E-state index in [-0.39, 0.29) is 0 Å². The Balaban J connectivity index is 1.73. The Hall–Kier alpha value is -0.610. The fourth-order valence-corrected chi connectivity index (χ4v) is 3.20. The predicted molar refractivity (Wildman–Crippen MR) is 64.8 cm³/mol. The van der Waals surface area contributed by atoms with Crippen molar-refractivity contribution < 1.29 is 15.0 Å². The van der Waals surface area contributed by atoms with Crippen molar-refractivity contribution >= 4 is 5.97 Å². The SMILES string of the molecule is O=C(O)CC1CCN(CC2(O)CCCC2)CC1. The fourth-order valence-electron chi connectivity index (χ4n) is 3.20. The van der Waals surface area contributed by atoms with Crippen molar-refractivity contribution in [2.45, 2.75) is 50.5 Å². The maximum atomic E-state index is 10.6. The Labute approximate surface area is 103 Å². The van der Waals surface area contributed by atoms with Crippen molar-refractivity contribution in [2.75, 3.05) is 19.6 Å². The van der Waals surface area contributed by atoms with E-state index in [4.69, 9.17) is 5.11 Å². The van der Waals surface area contributed by atoms with Crippen molar-refractivity contribution in [3.8, 4) is 0 Å². The molecule has 0 aromatic heterocycles. The van der Waals surface area contributed by atoms with Crippen LogP contribution in [0.3, 0.4) is 0 Å². The molecule has 1 aliphatic carbocycles. The molecule has 1 saturated heterocycles. The highest BCUT2D eigenvalue weighted by Crippen LogP contribution is 2.31. The van der Waals surface area contributed by atoms with Gasteiger partial charge in [0, 0.05) is 13.0 Å². The van der Waals surface area contributed by atoms with Gasteiger partial charge in [0.2, 0.25) is 0 Å². The average molecular weight is 241 g/mol. The summed E-state index contributed by atoms with van der Waals surface area (Å²) < 4.78 is 0. The van der Waals surface area contributed by atoms with Crippen LogP contribution in [0, 0.1) is 5.92 Å². The largest absolute Gasteiger partial charge is 0.481 e. The summed E-state index contributed by atoms with van der Waals surface area (Å²) in [6, 6.07) is 0. The number of carbonyl (C=O) groups is 1. The molecule has 4 heteroatoms. The number of aliphatic hydroxyl groups is 1. The van der Waals surface area contributed by atoms with E-state index in [0.717, 1.165) is 58.2 Å². The molecule has 0 spiro atoms. The molecule has 1 heterocycles. The molecule has 0 aromatic carbocycles. The summed E-state index contributed by atoms with van der Waals surface area (Å²) >= 11 is 0. The van der Waals surface area contributed by atoms with Gasteiger partial charge in [0.15, 0.2) is 0 Å². The first-order valence-corrected chi connectivity index (χ1v) is 6.74. The molecule has 2 aliphatic rings. The van der Waals surface area contributed by atoms with Crippen LogP contribution in [-0.4, -0.2) is 46.3 Å². The third-order valence-corrected chi connectivity index (χ3v) is 4.22. The minimum absolute atomic E-state index is 0.304. The van der Waals surface area contributed by atoms with Crippen molar-refractivity contribution in [1.29, 1.82) is 0 Å². The third kappa shape index (κ3) is 3.68. The molecule has 0 bridgehead atoms. The van der Waals surface area contributed by atoms with E-state index < -0.39 is 11.6 Å². The maximum absolute atomic E-state index is 10.6. The van der Waals surface area contributed by atoms with Gasteiger partial charge >= 0.3 is 5.97 Å². The molecule has 2 N–H and O–H groups in total. The first-order valence-electron chi connectivity index (χ1n) is 6.74. The minimum Gasteiger partial charge on any atom is -0.481 e. The molecule has 17 heavy (non-hydrogen) atoms.